The Hall–Kier alpha value is -1.18. The lowest BCUT2D eigenvalue weighted by Crippen LogP contribution is -2.53. The van der Waals surface area contributed by atoms with Crippen LogP contribution in [0.15, 0.2) is 0 Å². The van der Waals surface area contributed by atoms with Gasteiger partial charge in [-0.15, -0.1) is 0 Å². The fourth-order valence-electron chi connectivity index (χ4n) is 10.6. The molecule has 2 amide bonds. The highest BCUT2D eigenvalue weighted by molar-refractivity contribution is 5.74. The highest BCUT2D eigenvalue weighted by Crippen LogP contribution is 2.33. The molecule has 3 fully saturated rings. The maximum atomic E-state index is 12.2. The predicted octanol–water partition coefficient (Wildman–Crippen LogP) is 10.0. The smallest absolute Gasteiger partial charge is 0.220 e. The molecule has 2 N–H and O–H groups in total. The number of unbranched alkanes of at least 4 members (excludes halogenated alkanes) is 14. The summed E-state index contributed by atoms with van der Waals surface area (Å²) in [5, 5.41) is 20.4. The van der Waals surface area contributed by atoms with Crippen LogP contribution in [0, 0.1) is 11.8 Å². The second kappa shape index (κ2) is 25.1. The number of rotatable bonds is 25. The van der Waals surface area contributed by atoms with Crippen molar-refractivity contribution in [2.45, 2.75) is 250 Å². The third kappa shape index (κ3) is 15.5. The van der Waals surface area contributed by atoms with Gasteiger partial charge >= 0.3 is 0 Å². The number of carbonyl (C=O) groups is 2. The van der Waals surface area contributed by atoms with Crippen molar-refractivity contribution in [2.75, 3.05) is 13.6 Å². The molecule has 7 heteroatoms. The Balaban J connectivity index is 1.19. The molecule has 0 aromatic heterocycles. The van der Waals surface area contributed by atoms with E-state index in [-0.39, 0.29) is 36.1 Å². The molecule has 9 atom stereocenters. The van der Waals surface area contributed by atoms with Gasteiger partial charge in [-0.1, -0.05) is 116 Å². The van der Waals surface area contributed by atoms with Crippen LogP contribution in [0.25, 0.3) is 0 Å². The van der Waals surface area contributed by atoms with Gasteiger partial charge in [-0.05, 0) is 103 Å². The van der Waals surface area contributed by atoms with Gasteiger partial charge in [0.1, 0.15) is 0 Å². The Morgan fingerprint density at radius 1 is 0.596 bits per heavy atom. The molecule has 0 aliphatic carbocycles. The minimum absolute atomic E-state index is 0.0424. The van der Waals surface area contributed by atoms with E-state index in [0.29, 0.717) is 12.1 Å². The molecule has 52 heavy (non-hydrogen) atoms. The van der Waals surface area contributed by atoms with Crippen molar-refractivity contribution in [3.05, 3.63) is 0 Å². The molecule has 3 aliphatic heterocycles. The molecule has 0 saturated carbocycles. The molecule has 7 nitrogen and oxygen atoms in total. The zero-order valence-corrected chi connectivity index (χ0v) is 35.0. The molecule has 0 radical (unpaired) electrons. The molecule has 3 rings (SSSR count). The first-order chi connectivity index (χ1) is 25.0. The van der Waals surface area contributed by atoms with E-state index in [1.54, 1.807) is 13.8 Å². The first-order valence-electron chi connectivity index (χ1n) is 22.6. The Bertz CT molecular complexity index is 978. The molecule has 0 aromatic carbocycles. The topological polar surface area (TPSA) is 84.3 Å². The van der Waals surface area contributed by atoms with E-state index in [1.165, 1.54) is 141 Å². The van der Waals surface area contributed by atoms with Crippen molar-refractivity contribution in [2.24, 2.45) is 11.8 Å². The van der Waals surface area contributed by atoms with Crippen LogP contribution in [0.1, 0.15) is 208 Å². The van der Waals surface area contributed by atoms with Crippen LogP contribution < -0.4 is 0 Å². The van der Waals surface area contributed by atoms with Gasteiger partial charge in [-0.25, -0.2) is 0 Å². The summed E-state index contributed by atoms with van der Waals surface area (Å²) in [6, 6.07) is 1.35. The number of carbonyl (C=O) groups excluding carboxylic acids is 2. The average molecular weight is 732 g/mol. The normalized spacial score (nSPS) is 28.3. The minimum atomic E-state index is -0.367. The maximum Gasteiger partial charge on any atom is 0.220 e. The number of aliphatic hydroxyl groups excluding tert-OH is 2. The van der Waals surface area contributed by atoms with Crippen molar-refractivity contribution in [3.63, 3.8) is 0 Å². The Morgan fingerprint density at radius 2 is 1.00 bits per heavy atom. The average Bonchev–Trinajstić information content (AvgIpc) is 3.53. The predicted molar refractivity (Wildman–Crippen MR) is 217 cm³/mol. The van der Waals surface area contributed by atoms with Crippen molar-refractivity contribution < 1.29 is 19.8 Å². The third-order valence-corrected chi connectivity index (χ3v) is 13.8. The van der Waals surface area contributed by atoms with Crippen LogP contribution in [0.2, 0.25) is 0 Å². The second-order valence-electron chi connectivity index (χ2n) is 18.0. The van der Waals surface area contributed by atoms with E-state index in [2.05, 4.69) is 18.9 Å². The standard InChI is InChI=1S/C45H85N3O4/c1-35(24-19-15-11-7-9-13-17-21-26-41-29-31-44(51)36(2)47(41)38(4)49)34-40(43-28-23-33-46(43)6)25-20-16-12-8-10-14-18-22-27-42-30-32-45(52)37(3)48(42)39(5)50/h35-37,40-45,51-52H,7-34H2,1-6H3/t35?,36-,37-,40?,41+,42+,43?,44-,45-/m0/s1. The molecule has 304 valence electrons. The van der Waals surface area contributed by atoms with E-state index >= 15 is 0 Å². The summed E-state index contributed by atoms with van der Waals surface area (Å²) in [5.74, 6) is 1.93. The van der Waals surface area contributed by atoms with Crippen molar-refractivity contribution >= 4 is 11.8 Å². The second-order valence-corrected chi connectivity index (χ2v) is 18.0. The zero-order valence-electron chi connectivity index (χ0n) is 35.0. The molecule has 3 heterocycles. The lowest BCUT2D eigenvalue weighted by Gasteiger charge is -2.43. The largest absolute Gasteiger partial charge is 0.391 e. The molecule has 3 unspecified atom stereocenters. The van der Waals surface area contributed by atoms with Crippen LogP contribution >= 0.6 is 0 Å². The molecule has 0 aromatic rings. The van der Waals surface area contributed by atoms with Crippen LogP contribution in [0.3, 0.4) is 0 Å². The molecular weight excluding hydrogens is 647 g/mol. The zero-order chi connectivity index (χ0) is 37.9. The monoisotopic (exact) mass is 732 g/mol. The van der Waals surface area contributed by atoms with E-state index in [4.69, 9.17) is 0 Å². The number of likely N-dealkylation sites (tertiary alicyclic amines) is 3. The Morgan fingerprint density at radius 3 is 1.40 bits per heavy atom. The third-order valence-electron chi connectivity index (χ3n) is 13.8. The van der Waals surface area contributed by atoms with Crippen LogP contribution in [0.5, 0.6) is 0 Å². The van der Waals surface area contributed by atoms with E-state index in [1.807, 2.05) is 23.6 Å². The van der Waals surface area contributed by atoms with Gasteiger partial charge in [0.25, 0.3) is 0 Å². The van der Waals surface area contributed by atoms with Crippen LogP contribution in [0.4, 0.5) is 0 Å². The lowest BCUT2D eigenvalue weighted by atomic mass is 9.82. The molecule has 0 bridgehead atoms. The number of piperidine rings is 2. The number of hydrogen-bond acceptors (Lipinski definition) is 5. The first kappa shape index (κ1) is 45.2. The van der Waals surface area contributed by atoms with Crippen molar-refractivity contribution in [3.8, 4) is 0 Å². The van der Waals surface area contributed by atoms with Crippen LogP contribution in [-0.2, 0) is 9.59 Å². The van der Waals surface area contributed by atoms with E-state index in [0.717, 1.165) is 56.4 Å². The van der Waals surface area contributed by atoms with Gasteiger partial charge in [-0.2, -0.15) is 0 Å². The van der Waals surface area contributed by atoms with Gasteiger partial charge in [0.15, 0.2) is 0 Å². The van der Waals surface area contributed by atoms with E-state index < -0.39 is 0 Å². The lowest BCUT2D eigenvalue weighted by molar-refractivity contribution is -0.141. The number of hydrogen-bond donors (Lipinski definition) is 2. The summed E-state index contributed by atoms with van der Waals surface area (Å²) < 4.78 is 0. The van der Waals surface area contributed by atoms with Crippen molar-refractivity contribution in [1.82, 2.24) is 14.7 Å². The quantitative estimate of drug-likeness (QED) is 0.0914. The summed E-state index contributed by atoms with van der Waals surface area (Å²) in [4.78, 5) is 30.9. The molecule has 0 spiro atoms. The minimum Gasteiger partial charge on any atom is -0.391 e. The van der Waals surface area contributed by atoms with E-state index in [9.17, 15) is 19.8 Å². The fourth-order valence-corrected chi connectivity index (χ4v) is 10.6. The molecule has 3 saturated heterocycles. The van der Waals surface area contributed by atoms with Gasteiger partial charge in [-0.3, -0.25) is 9.59 Å². The summed E-state index contributed by atoms with van der Waals surface area (Å²) >= 11 is 0. The SMILES string of the molecule is CC(=O)N1[C@H](CCCCCCCCCCC(C)CC(CCCCCCCCCC[C@@H]2CC[C@H](O)[C@H](C)N2C(C)=O)C2CCCN2C)CC[C@H](O)[C@@H]1C. The highest BCUT2D eigenvalue weighted by atomic mass is 16.3. The summed E-state index contributed by atoms with van der Waals surface area (Å²) in [6.07, 6.45) is 33.3. The van der Waals surface area contributed by atoms with Gasteiger partial charge < -0.3 is 24.9 Å². The molecule has 3 aliphatic rings. The Labute approximate surface area is 321 Å². The number of amides is 2. The number of aliphatic hydroxyl groups is 2. The Kier molecular flexibility index (Phi) is 21.8. The van der Waals surface area contributed by atoms with Crippen molar-refractivity contribution in [1.29, 1.82) is 0 Å². The van der Waals surface area contributed by atoms with Gasteiger partial charge in [0.2, 0.25) is 11.8 Å². The number of nitrogens with zero attached hydrogens (tertiary/aromatic N) is 3. The van der Waals surface area contributed by atoms with Gasteiger partial charge in [0.05, 0.1) is 24.3 Å². The highest BCUT2D eigenvalue weighted by Gasteiger charge is 2.36. The summed E-state index contributed by atoms with van der Waals surface area (Å²) in [7, 11) is 2.37. The van der Waals surface area contributed by atoms with Gasteiger partial charge in [0, 0.05) is 32.0 Å². The molecular formula is C45H85N3O4. The first-order valence-corrected chi connectivity index (χ1v) is 22.6. The maximum absolute atomic E-state index is 12.2. The van der Waals surface area contributed by atoms with Crippen LogP contribution in [-0.4, -0.2) is 92.7 Å². The summed E-state index contributed by atoms with van der Waals surface area (Å²) in [5.41, 5.74) is 0. The fraction of sp³-hybridized carbons (Fsp3) is 0.956. The summed E-state index contributed by atoms with van der Waals surface area (Å²) in [6.45, 7) is 11.1.